The van der Waals surface area contributed by atoms with Gasteiger partial charge in [0, 0.05) is 53.4 Å². The summed E-state index contributed by atoms with van der Waals surface area (Å²) in [6.07, 6.45) is 3.29. The summed E-state index contributed by atoms with van der Waals surface area (Å²) in [5.74, 6) is -0.211. The Balaban J connectivity index is 1.96. The number of nitrogens with zero attached hydrogens (tertiary/aromatic N) is 1. The number of Topliss-reactive ketones (excluding diaryl/α,β-unsaturated/α-hetero) is 1. The van der Waals surface area contributed by atoms with Crippen LogP contribution in [0, 0.1) is 12.3 Å². The Morgan fingerprint density at radius 3 is 2.61 bits per heavy atom. The average Bonchev–Trinajstić information content (AvgIpc) is 2.94. The Labute approximate surface area is 184 Å². The fraction of sp³-hybridized carbons (Fsp3) is 0.520. The molecule has 6 nitrogen and oxygen atoms in total. The summed E-state index contributed by atoms with van der Waals surface area (Å²) in [4.78, 5) is 25.2. The van der Waals surface area contributed by atoms with Gasteiger partial charge in [-0.2, -0.15) is 0 Å². The minimum Gasteiger partial charge on any atom is -0.383 e. The van der Waals surface area contributed by atoms with E-state index < -0.39 is 5.91 Å². The standard InChI is InChI=1S/C25H34N4O2/c1-14-6-9-20-16(3)23-21(11-25(4,5)12-22(23)30)29(20)17-7-8-18(24(26)31)19(10-17)27-13-15(2)28-14/h7-8,10,14-15,27-28H,6,9,11-13H2,1-5H3,(H2,26,31)/t14-,15-/m1/s1. The smallest absolute Gasteiger partial charge is 0.250 e. The lowest BCUT2D eigenvalue weighted by atomic mass is 9.75. The lowest BCUT2D eigenvalue weighted by molar-refractivity contribution is 0.0909. The number of rotatable bonds is 1. The zero-order chi connectivity index (χ0) is 22.5. The molecular formula is C25H34N4O2. The van der Waals surface area contributed by atoms with Gasteiger partial charge in [0.15, 0.2) is 5.78 Å². The number of amides is 1. The molecule has 2 heterocycles. The highest BCUT2D eigenvalue weighted by Crippen LogP contribution is 2.40. The predicted octanol–water partition coefficient (Wildman–Crippen LogP) is 3.76. The Morgan fingerprint density at radius 2 is 1.90 bits per heavy atom. The molecule has 0 radical (unpaired) electrons. The van der Waals surface area contributed by atoms with Crippen molar-refractivity contribution in [2.75, 3.05) is 11.9 Å². The second kappa shape index (κ2) is 7.83. The van der Waals surface area contributed by atoms with Gasteiger partial charge in [-0.15, -0.1) is 0 Å². The summed E-state index contributed by atoms with van der Waals surface area (Å²) < 4.78 is 2.27. The van der Waals surface area contributed by atoms with Gasteiger partial charge in [0.2, 0.25) is 0 Å². The SMILES string of the molecule is Cc1c2c(n3c1CC[C@@H](C)N[C@H](C)CNc1cc-3ccc1C(N)=O)CC(C)(C)CC2=O. The number of hydrogen-bond donors (Lipinski definition) is 3. The molecule has 31 heavy (non-hydrogen) atoms. The molecule has 2 bridgehead atoms. The van der Waals surface area contributed by atoms with Gasteiger partial charge in [0.1, 0.15) is 0 Å². The molecule has 2 atom stereocenters. The summed E-state index contributed by atoms with van der Waals surface area (Å²) in [6, 6.07) is 6.33. The maximum Gasteiger partial charge on any atom is 0.250 e. The maximum absolute atomic E-state index is 13.1. The molecule has 6 heteroatoms. The Morgan fingerprint density at radius 1 is 1.16 bits per heavy atom. The van der Waals surface area contributed by atoms with Gasteiger partial charge >= 0.3 is 0 Å². The van der Waals surface area contributed by atoms with Crippen LogP contribution in [0.4, 0.5) is 5.69 Å². The molecule has 0 fully saturated rings. The summed E-state index contributed by atoms with van der Waals surface area (Å²) in [5, 5.41) is 7.06. The Hall–Kier alpha value is -2.60. The molecule has 0 saturated carbocycles. The van der Waals surface area contributed by atoms with Crippen LogP contribution in [0.1, 0.15) is 78.2 Å². The van der Waals surface area contributed by atoms with E-state index in [9.17, 15) is 9.59 Å². The highest BCUT2D eigenvalue weighted by atomic mass is 16.1. The highest BCUT2D eigenvalue weighted by molar-refractivity contribution is 6.01. The van der Waals surface area contributed by atoms with Crippen LogP contribution < -0.4 is 16.4 Å². The van der Waals surface area contributed by atoms with Crippen LogP contribution in [0.3, 0.4) is 0 Å². The van der Waals surface area contributed by atoms with E-state index in [1.807, 2.05) is 12.1 Å². The predicted molar refractivity (Wildman–Crippen MR) is 124 cm³/mol. The number of nitrogens with one attached hydrogen (secondary N) is 2. The third kappa shape index (κ3) is 4.01. The summed E-state index contributed by atoms with van der Waals surface area (Å²) in [6.45, 7) is 11.4. The van der Waals surface area contributed by atoms with Crippen molar-refractivity contribution in [2.24, 2.45) is 11.1 Å². The van der Waals surface area contributed by atoms with Gasteiger partial charge in [0.05, 0.1) is 5.56 Å². The van der Waals surface area contributed by atoms with Crippen LogP contribution in [0.25, 0.3) is 5.69 Å². The highest BCUT2D eigenvalue weighted by Gasteiger charge is 2.37. The van der Waals surface area contributed by atoms with E-state index >= 15 is 0 Å². The molecule has 1 aliphatic heterocycles. The first-order chi connectivity index (χ1) is 14.6. The second-order valence-corrected chi connectivity index (χ2v) is 10.2. The number of nitrogens with two attached hydrogens (primary N) is 1. The molecule has 4 rings (SSSR count). The molecule has 166 valence electrons. The van der Waals surface area contributed by atoms with Gasteiger partial charge in [0.25, 0.3) is 5.91 Å². The van der Waals surface area contributed by atoms with Crippen molar-refractivity contribution in [3.05, 3.63) is 46.3 Å². The minimum atomic E-state index is -0.447. The zero-order valence-corrected chi connectivity index (χ0v) is 19.3. The van der Waals surface area contributed by atoms with E-state index in [-0.39, 0.29) is 17.2 Å². The maximum atomic E-state index is 13.1. The molecule has 0 spiro atoms. The van der Waals surface area contributed by atoms with Crippen molar-refractivity contribution in [1.82, 2.24) is 9.88 Å². The lowest BCUT2D eigenvalue weighted by Gasteiger charge is -2.30. The number of aromatic nitrogens is 1. The topological polar surface area (TPSA) is 89.2 Å². The monoisotopic (exact) mass is 422 g/mol. The van der Waals surface area contributed by atoms with Gasteiger partial charge in [-0.3, -0.25) is 9.59 Å². The first-order valence-corrected chi connectivity index (χ1v) is 11.3. The lowest BCUT2D eigenvalue weighted by Crippen LogP contribution is -2.39. The number of carbonyl (C=O) groups excluding carboxylic acids is 2. The number of fused-ring (bicyclic) bond motifs is 6. The molecule has 2 aromatic rings. The van der Waals surface area contributed by atoms with Crippen LogP contribution in [0.2, 0.25) is 0 Å². The van der Waals surface area contributed by atoms with Crippen LogP contribution in [-0.4, -0.2) is 34.9 Å². The van der Waals surface area contributed by atoms with E-state index in [4.69, 9.17) is 5.73 Å². The molecular weight excluding hydrogens is 388 g/mol. The fourth-order valence-corrected chi connectivity index (χ4v) is 5.27. The zero-order valence-electron chi connectivity index (χ0n) is 19.3. The van der Waals surface area contributed by atoms with Crippen molar-refractivity contribution in [1.29, 1.82) is 0 Å². The van der Waals surface area contributed by atoms with Gasteiger partial charge < -0.3 is 20.9 Å². The molecule has 2 aliphatic rings. The molecule has 1 aromatic heterocycles. The van der Waals surface area contributed by atoms with Crippen LogP contribution in [0.5, 0.6) is 0 Å². The van der Waals surface area contributed by atoms with Crippen LogP contribution >= 0.6 is 0 Å². The number of primary amides is 1. The average molecular weight is 423 g/mol. The van der Waals surface area contributed by atoms with Gasteiger partial charge in [-0.1, -0.05) is 13.8 Å². The molecule has 1 aromatic carbocycles. The van der Waals surface area contributed by atoms with E-state index in [2.05, 4.69) is 49.8 Å². The first-order valence-electron chi connectivity index (χ1n) is 11.3. The van der Waals surface area contributed by atoms with Crippen molar-refractivity contribution in [3.8, 4) is 5.69 Å². The second-order valence-electron chi connectivity index (χ2n) is 10.2. The van der Waals surface area contributed by atoms with Crippen molar-refractivity contribution in [3.63, 3.8) is 0 Å². The summed E-state index contributed by atoms with van der Waals surface area (Å²) in [7, 11) is 0. The molecule has 0 saturated heterocycles. The first kappa shape index (κ1) is 21.6. The van der Waals surface area contributed by atoms with Crippen LogP contribution in [-0.2, 0) is 12.8 Å². The van der Waals surface area contributed by atoms with Gasteiger partial charge in [-0.05, 0) is 69.2 Å². The van der Waals surface area contributed by atoms with E-state index in [0.29, 0.717) is 24.6 Å². The number of carbonyl (C=O) groups is 2. The largest absolute Gasteiger partial charge is 0.383 e. The Kier molecular flexibility index (Phi) is 5.46. The quantitative estimate of drug-likeness (QED) is 0.653. The van der Waals surface area contributed by atoms with Gasteiger partial charge in [-0.25, -0.2) is 0 Å². The fourth-order valence-electron chi connectivity index (χ4n) is 5.27. The molecule has 4 N–H and O–H groups in total. The van der Waals surface area contributed by atoms with E-state index in [1.54, 1.807) is 6.07 Å². The number of benzene rings is 1. The third-order valence-corrected chi connectivity index (χ3v) is 6.71. The Bertz CT molecular complexity index is 1050. The van der Waals surface area contributed by atoms with E-state index in [1.165, 1.54) is 5.69 Å². The van der Waals surface area contributed by atoms with E-state index in [0.717, 1.165) is 47.5 Å². The van der Waals surface area contributed by atoms with Crippen molar-refractivity contribution >= 4 is 17.4 Å². The third-order valence-electron chi connectivity index (χ3n) is 6.71. The summed E-state index contributed by atoms with van der Waals surface area (Å²) in [5.41, 5.74) is 12.1. The number of anilines is 1. The number of hydrogen-bond acceptors (Lipinski definition) is 4. The summed E-state index contributed by atoms with van der Waals surface area (Å²) >= 11 is 0. The molecule has 1 amide bonds. The molecule has 1 aliphatic carbocycles. The molecule has 0 unspecified atom stereocenters. The van der Waals surface area contributed by atoms with Crippen molar-refractivity contribution in [2.45, 2.75) is 72.4 Å². The minimum absolute atomic E-state index is 0.0755. The number of ketones is 1. The van der Waals surface area contributed by atoms with Crippen molar-refractivity contribution < 1.29 is 9.59 Å². The normalized spacial score (nSPS) is 23.1. The van der Waals surface area contributed by atoms with Crippen LogP contribution in [0.15, 0.2) is 18.2 Å².